The molecule has 0 unspecified atom stereocenters. The van der Waals surface area contributed by atoms with Gasteiger partial charge in [-0.05, 0) is 38.0 Å². The number of carbonyl (C=O) groups excluding carboxylic acids is 1. The molecule has 0 saturated heterocycles. The third kappa shape index (κ3) is 2.31. The molecule has 1 saturated carbocycles. The molecule has 0 bridgehead atoms. The predicted octanol–water partition coefficient (Wildman–Crippen LogP) is 1.24. The average Bonchev–Trinajstić information content (AvgIpc) is 2.96. The molecule has 6 nitrogen and oxygen atoms in total. The summed E-state index contributed by atoms with van der Waals surface area (Å²) in [6.45, 7) is 1.52. The van der Waals surface area contributed by atoms with Gasteiger partial charge in [-0.25, -0.2) is 12.8 Å². The molecule has 1 amide bonds. The molecule has 0 radical (unpaired) electrons. The molecule has 2 aliphatic rings. The number of hydrogen-bond donors (Lipinski definition) is 2. The Morgan fingerprint density at radius 1 is 1.29 bits per heavy atom. The summed E-state index contributed by atoms with van der Waals surface area (Å²) in [6.07, 6.45) is 2.45. The topological polar surface area (TPSA) is 116 Å². The van der Waals surface area contributed by atoms with Crippen LogP contribution in [-0.4, -0.2) is 30.7 Å². The van der Waals surface area contributed by atoms with Crippen LogP contribution in [0, 0.1) is 5.82 Å². The summed E-state index contributed by atoms with van der Waals surface area (Å²) in [4.78, 5) is 15.8. The molecule has 1 fully saturated rings. The van der Waals surface area contributed by atoms with Crippen LogP contribution in [0.5, 0.6) is 0 Å². The van der Waals surface area contributed by atoms with Crippen molar-refractivity contribution in [2.75, 3.05) is 5.75 Å². The predicted molar refractivity (Wildman–Crippen MR) is 88.9 cm³/mol. The largest absolute Gasteiger partial charge is 0.386 e. The van der Waals surface area contributed by atoms with Crippen LogP contribution >= 0.6 is 0 Å². The van der Waals surface area contributed by atoms with E-state index in [2.05, 4.69) is 4.99 Å². The highest BCUT2D eigenvalue weighted by Crippen LogP contribution is 2.45. The van der Waals surface area contributed by atoms with E-state index in [4.69, 9.17) is 11.5 Å². The van der Waals surface area contributed by atoms with Gasteiger partial charge >= 0.3 is 0 Å². The van der Waals surface area contributed by atoms with Gasteiger partial charge in [-0.3, -0.25) is 9.79 Å². The van der Waals surface area contributed by atoms with Gasteiger partial charge in [0.2, 0.25) is 5.91 Å². The summed E-state index contributed by atoms with van der Waals surface area (Å²) in [5.41, 5.74) is 10.0. The molecule has 1 aliphatic carbocycles. The quantitative estimate of drug-likeness (QED) is 0.832. The van der Waals surface area contributed by atoms with Crippen LogP contribution in [-0.2, 0) is 15.4 Å². The smallest absolute Gasteiger partial charge is 0.248 e. The highest BCUT2D eigenvalue weighted by molar-refractivity contribution is 7.93. The third-order valence-corrected chi connectivity index (χ3v) is 7.89. The Hall–Kier alpha value is -1.96. The van der Waals surface area contributed by atoms with Gasteiger partial charge in [0.05, 0.1) is 5.75 Å². The Labute approximate surface area is 140 Å². The van der Waals surface area contributed by atoms with Gasteiger partial charge in [-0.15, -0.1) is 0 Å². The first-order valence-corrected chi connectivity index (χ1v) is 9.44. The molecule has 1 aromatic rings. The standard InChI is InChI=1S/C16H20FN3O3S/c1-15(11-8-10(13(18)21)4-5-12(11)17)9-24(22,23)16(14(19)20-15)6-2-3-7-16/h4-5,8H,2-3,6-7,9H2,1H3,(H2,18,21)(H2,19,20)/t15-/m0/s1. The van der Waals surface area contributed by atoms with E-state index in [0.717, 1.165) is 18.9 Å². The molecule has 24 heavy (non-hydrogen) atoms. The summed E-state index contributed by atoms with van der Waals surface area (Å²) in [5.74, 6) is -1.67. The van der Waals surface area contributed by atoms with Crippen LogP contribution in [0.25, 0.3) is 0 Å². The number of aliphatic imine (C=N–C) groups is 1. The van der Waals surface area contributed by atoms with Crippen LogP contribution in [0.1, 0.15) is 48.5 Å². The number of sulfone groups is 1. The second kappa shape index (κ2) is 5.27. The van der Waals surface area contributed by atoms with Gasteiger partial charge in [0.15, 0.2) is 9.84 Å². The number of rotatable bonds is 2. The lowest BCUT2D eigenvalue weighted by Gasteiger charge is -2.39. The molecule has 130 valence electrons. The average molecular weight is 353 g/mol. The molecule has 1 atom stereocenters. The van der Waals surface area contributed by atoms with Gasteiger partial charge in [-0.1, -0.05) is 12.8 Å². The molecular formula is C16H20FN3O3S. The van der Waals surface area contributed by atoms with Crippen molar-refractivity contribution in [3.63, 3.8) is 0 Å². The first kappa shape index (κ1) is 16.9. The van der Waals surface area contributed by atoms with E-state index in [9.17, 15) is 17.6 Å². The first-order valence-electron chi connectivity index (χ1n) is 7.79. The summed E-state index contributed by atoms with van der Waals surface area (Å²) in [6, 6.07) is 3.61. The van der Waals surface area contributed by atoms with Crippen molar-refractivity contribution in [2.24, 2.45) is 16.5 Å². The van der Waals surface area contributed by atoms with E-state index >= 15 is 0 Å². The van der Waals surface area contributed by atoms with E-state index in [0.29, 0.717) is 12.8 Å². The van der Waals surface area contributed by atoms with E-state index in [-0.39, 0.29) is 22.7 Å². The third-order valence-electron chi connectivity index (χ3n) is 5.14. The monoisotopic (exact) mass is 353 g/mol. The fraction of sp³-hybridized carbons (Fsp3) is 0.500. The number of amides is 1. The fourth-order valence-corrected chi connectivity index (χ4v) is 6.32. The molecule has 1 spiro atoms. The maximum atomic E-state index is 14.4. The van der Waals surface area contributed by atoms with Gasteiger partial charge in [0.25, 0.3) is 0 Å². The number of nitrogens with two attached hydrogens (primary N) is 2. The molecule has 1 heterocycles. The van der Waals surface area contributed by atoms with E-state index < -0.39 is 31.8 Å². The Bertz CT molecular complexity index is 844. The second-order valence-corrected chi connectivity index (χ2v) is 9.09. The van der Waals surface area contributed by atoms with Gasteiger partial charge in [0, 0.05) is 11.1 Å². The second-order valence-electron chi connectivity index (χ2n) is 6.79. The maximum Gasteiger partial charge on any atom is 0.248 e. The Kier molecular flexibility index (Phi) is 3.71. The van der Waals surface area contributed by atoms with Gasteiger partial charge < -0.3 is 11.5 Å². The zero-order valence-electron chi connectivity index (χ0n) is 13.4. The van der Waals surface area contributed by atoms with Crippen LogP contribution < -0.4 is 11.5 Å². The van der Waals surface area contributed by atoms with E-state index in [1.807, 2.05) is 0 Å². The molecule has 4 N–H and O–H groups in total. The highest BCUT2D eigenvalue weighted by atomic mass is 32.2. The Morgan fingerprint density at radius 3 is 2.46 bits per heavy atom. The number of nitrogens with zero attached hydrogens (tertiary/aromatic N) is 1. The number of carbonyl (C=O) groups is 1. The summed E-state index contributed by atoms with van der Waals surface area (Å²) in [5, 5.41) is 0. The van der Waals surface area contributed by atoms with Crippen LogP contribution in [0.4, 0.5) is 4.39 Å². The van der Waals surface area contributed by atoms with Crippen molar-refractivity contribution in [1.82, 2.24) is 0 Å². The van der Waals surface area contributed by atoms with Crippen molar-refractivity contribution >= 4 is 21.6 Å². The normalized spacial score (nSPS) is 27.8. The molecular weight excluding hydrogens is 333 g/mol. The number of primary amides is 1. The molecule has 3 rings (SSSR count). The molecule has 0 aromatic heterocycles. The lowest BCUT2D eigenvalue weighted by molar-refractivity contribution is 0.1000. The number of benzene rings is 1. The van der Waals surface area contributed by atoms with Crippen molar-refractivity contribution in [3.8, 4) is 0 Å². The molecule has 1 aliphatic heterocycles. The summed E-state index contributed by atoms with van der Waals surface area (Å²) < 4.78 is 39.2. The number of halogens is 1. The van der Waals surface area contributed by atoms with Crippen LogP contribution in [0.3, 0.4) is 0 Å². The SMILES string of the molecule is C[C@@]1(c2cc(C(N)=O)ccc2F)CS(=O)(=O)C2(CCCC2)C(N)=N1. The van der Waals surface area contributed by atoms with E-state index in [1.54, 1.807) is 0 Å². The van der Waals surface area contributed by atoms with Crippen LogP contribution in [0.15, 0.2) is 23.2 Å². The van der Waals surface area contributed by atoms with Crippen LogP contribution in [0.2, 0.25) is 0 Å². The van der Waals surface area contributed by atoms with E-state index in [1.165, 1.54) is 19.1 Å². The fourth-order valence-electron chi connectivity index (χ4n) is 3.81. The highest BCUT2D eigenvalue weighted by Gasteiger charge is 2.55. The minimum atomic E-state index is -3.62. The van der Waals surface area contributed by atoms with Gasteiger partial charge in [0.1, 0.15) is 21.9 Å². The van der Waals surface area contributed by atoms with Crippen molar-refractivity contribution in [3.05, 3.63) is 35.1 Å². The van der Waals surface area contributed by atoms with Crippen molar-refractivity contribution in [2.45, 2.75) is 42.9 Å². The number of amidine groups is 1. The number of hydrogen-bond acceptors (Lipinski definition) is 5. The lowest BCUT2D eigenvalue weighted by Crippen LogP contribution is -2.57. The molecule has 8 heteroatoms. The minimum Gasteiger partial charge on any atom is -0.386 e. The van der Waals surface area contributed by atoms with Crippen molar-refractivity contribution in [1.29, 1.82) is 0 Å². The Balaban J connectivity index is 2.18. The Morgan fingerprint density at radius 2 is 1.92 bits per heavy atom. The maximum absolute atomic E-state index is 14.4. The summed E-state index contributed by atoms with van der Waals surface area (Å²) in [7, 11) is -3.62. The first-order chi connectivity index (χ1) is 11.1. The lowest BCUT2D eigenvalue weighted by atomic mass is 9.91. The molecule has 1 aromatic carbocycles. The minimum absolute atomic E-state index is 0.0122. The van der Waals surface area contributed by atoms with Crippen molar-refractivity contribution < 1.29 is 17.6 Å². The zero-order chi connectivity index (χ0) is 17.8. The zero-order valence-corrected chi connectivity index (χ0v) is 14.2. The van der Waals surface area contributed by atoms with Gasteiger partial charge in [-0.2, -0.15) is 0 Å². The summed E-state index contributed by atoms with van der Waals surface area (Å²) >= 11 is 0.